The summed E-state index contributed by atoms with van der Waals surface area (Å²) < 4.78 is 14.5. The molecule has 0 aliphatic carbocycles. The van der Waals surface area contributed by atoms with Crippen LogP contribution in [0.2, 0.25) is 0 Å². The number of carbonyl (C=O) groups is 1. The van der Waals surface area contributed by atoms with Crippen LogP contribution in [0.1, 0.15) is 18.2 Å². The monoisotopic (exact) mass is 185 g/mol. The van der Waals surface area contributed by atoms with Gasteiger partial charge in [0.1, 0.15) is 0 Å². The third kappa shape index (κ3) is 2.05. The Bertz CT molecular complexity index is 332. The van der Waals surface area contributed by atoms with Gasteiger partial charge in [0.05, 0.1) is 0 Å². The van der Waals surface area contributed by atoms with E-state index in [1.807, 2.05) is 0 Å². The summed E-state index contributed by atoms with van der Waals surface area (Å²) >= 11 is 0. The lowest BCUT2D eigenvalue weighted by Crippen LogP contribution is -2.19. The van der Waals surface area contributed by atoms with Crippen molar-refractivity contribution in [2.24, 2.45) is 7.05 Å². The fraction of sp³-hybridized carbons (Fsp3) is 0.500. The largest absolute Gasteiger partial charge is 0.352 e. The number of aryl methyl sites for hydroxylation is 1. The first kappa shape index (κ1) is 9.70. The normalized spacial score (nSPS) is 10.2. The van der Waals surface area contributed by atoms with Crippen molar-refractivity contribution < 1.29 is 9.18 Å². The average Bonchev–Trinajstić information content (AvgIpc) is 2.24. The maximum absolute atomic E-state index is 13.0. The molecule has 1 heterocycles. The van der Waals surface area contributed by atoms with Gasteiger partial charge in [0.25, 0.3) is 0 Å². The van der Waals surface area contributed by atoms with E-state index >= 15 is 0 Å². The molecule has 1 aromatic heterocycles. The molecule has 0 bridgehead atoms. The highest BCUT2D eigenvalue weighted by atomic mass is 19.1. The second kappa shape index (κ2) is 3.55. The van der Waals surface area contributed by atoms with Gasteiger partial charge in [-0.1, -0.05) is 0 Å². The van der Waals surface area contributed by atoms with E-state index < -0.39 is 5.95 Å². The van der Waals surface area contributed by atoms with Gasteiger partial charge in [-0.3, -0.25) is 9.48 Å². The lowest BCUT2D eigenvalue weighted by atomic mass is 10.2. The summed E-state index contributed by atoms with van der Waals surface area (Å²) in [7, 11) is 1.66. The zero-order valence-corrected chi connectivity index (χ0v) is 7.89. The number of carbonyl (C=O) groups excluding carboxylic acids is 1. The third-order valence-electron chi connectivity index (χ3n) is 1.92. The van der Waals surface area contributed by atoms with Gasteiger partial charge in [0, 0.05) is 31.8 Å². The summed E-state index contributed by atoms with van der Waals surface area (Å²) in [4.78, 5) is 10.6. The minimum absolute atomic E-state index is 0.178. The van der Waals surface area contributed by atoms with Gasteiger partial charge < -0.3 is 5.32 Å². The summed E-state index contributed by atoms with van der Waals surface area (Å²) in [6, 6.07) is 0. The molecular formula is C8H12FN3O. The van der Waals surface area contributed by atoms with E-state index in [4.69, 9.17) is 0 Å². The first-order valence-corrected chi connectivity index (χ1v) is 3.94. The maximum Gasteiger partial charge on any atom is 0.237 e. The molecule has 72 valence electrons. The predicted octanol–water partition coefficient (Wildman–Crippen LogP) is 0.504. The Balaban J connectivity index is 2.81. The maximum atomic E-state index is 13.0. The van der Waals surface area contributed by atoms with Gasteiger partial charge in [0.2, 0.25) is 11.9 Å². The Labute approximate surface area is 75.7 Å². The predicted molar refractivity (Wildman–Crippen MR) is 45.4 cm³/mol. The van der Waals surface area contributed by atoms with Gasteiger partial charge in [-0.05, 0) is 6.92 Å². The molecule has 0 saturated carbocycles. The van der Waals surface area contributed by atoms with Gasteiger partial charge in [-0.25, -0.2) is 0 Å². The zero-order chi connectivity index (χ0) is 10.0. The molecule has 0 aliphatic heterocycles. The molecule has 0 atom stereocenters. The summed E-state index contributed by atoms with van der Waals surface area (Å²) in [6.07, 6.45) is 0. The summed E-state index contributed by atoms with van der Waals surface area (Å²) in [6.45, 7) is 3.34. The van der Waals surface area contributed by atoms with Gasteiger partial charge in [0.15, 0.2) is 0 Å². The van der Waals surface area contributed by atoms with Crippen LogP contribution in [0.15, 0.2) is 0 Å². The number of hydrogen-bond acceptors (Lipinski definition) is 2. The number of halogens is 1. The van der Waals surface area contributed by atoms with Crippen LogP contribution in [0, 0.1) is 12.9 Å². The van der Waals surface area contributed by atoms with Crippen molar-refractivity contribution in [2.45, 2.75) is 20.4 Å². The molecule has 0 unspecified atom stereocenters. The van der Waals surface area contributed by atoms with Crippen LogP contribution in [0.5, 0.6) is 0 Å². The van der Waals surface area contributed by atoms with Crippen LogP contribution in [0.4, 0.5) is 4.39 Å². The molecule has 4 nitrogen and oxygen atoms in total. The second-order valence-electron chi connectivity index (χ2n) is 2.89. The van der Waals surface area contributed by atoms with Crippen LogP contribution in [-0.2, 0) is 18.4 Å². The highest BCUT2D eigenvalue weighted by molar-refractivity contribution is 5.72. The third-order valence-corrected chi connectivity index (χ3v) is 1.92. The van der Waals surface area contributed by atoms with E-state index in [1.165, 1.54) is 11.6 Å². The quantitative estimate of drug-likeness (QED) is 0.729. The second-order valence-corrected chi connectivity index (χ2v) is 2.89. The molecule has 0 aliphatic rings. The molecule has 1 amide bonds. The molecule has 1 rings (SSSR count). The molecular weight excluding hydrogens is 173 g/mol. The van der Waals surface area contributed by atoms with Crippen molar-refractivity contribution in [3.63, 3.8) is 0 Å². The molecule has 0 radical (unpaired) electrons. The smallest absolute Gasteiger partial charge is 0.237 e. The topological polar surface area (TPSA) is 46.9 Å². The fourth-order valence-corrected chi connectivity index (χ4v) is 1.03. The SMILES string of the molecule is CC(=O)NCc1c(F)nn(C)c1C. The summed E-state index contributed by atoms with van der Waals surface area (Å²) in [5.41, 5.74) is 1.17. The van der Waals surface area contributed by atoms with Gasteiger partial charge in [-0.2, -0.15) is 4.39 Å². The molecule has 1 N–H and O–H groups in total. The summed E-state index contributed by atoms with van der Waals surface area (Å²) in [5, 5.41) is 6.11. The van der Waals surface area contributed by atoms with Crippen molar-refractivity contribution in [1.82, 2.24) is 15.1 Å². The Morgan fingerprint density at radius 2 is 2.31 bits per heavy atom. The number of aromatic nitrogens is 2. The Morgan fingerprint density at radius 3 is 2.69 bits per heavy atom. The molecule has 0 aromatic carbocycles. The van der Waals surface area contributed by atoms with Gasteiger partial charge in [-0.15, -0.1) is 5.10 Å². The lowest BCUT2D eigenvalue weighted by Gasteiger charge is -2.00. The number of nitrogens with zero attached hydrogens (tertiary/aromatic N) is 2. The molecule has 1 aromatic rings. The molecule has 0 fully saturated rings. The Hall–Kier alpha value is -1.39. The number of amides is 1. The Kier molecular flexibility index (Phi) is 2.65. The van der Waals surface area contributed by atoms with E-state index in [1.54, 1.807) is 14.0 Å². The van der Waals surface area contributed by atoms with E-state index in [0.29, 0.717) is 5.56 Å². The van der Waals surface area contributed by atoms with Crippen molar-refractivity contribution in [1.29, 1.82) is 0 Å². The van der Waals surface area contributed by atoms with Crippen LogP contribution < -0.4 is 5.32 Å². The molecule has 0 saturated heterocycles. The standard InChI is InChI=1S/C8H12FN3O/c1-5-7(4-10-6(2)13)8(9)11-12(5)3/h4H2,1-3H3,(H,10,13). The zero-order valence-electron chi connectivity index (χ0n) is 7.89. The summed E-state index contributed by atoms with van der Waals surface area (Å²) in [5.74, 6) is -0.698. The Morgan fingerprint density at radius 1 is 1.69 bits per heavy atom. The molecule has 5 heteroatoms. The van der Waals surface area contributed by atoms with Crippen molar-refractivity contribution in [2.75, 3.05) is 0 Å². The first-order chi connectivity index (χ1) is 6.02. The van der Waals surface area contributed by atoms with E-state index in [9.17, 15) is 9.18 Å². The highest BCUT2D eigenvalue weighted by Crippen LogP contribution is 2.10. The molecule has 13 heavy (non-hydrogen) atoms. The molecule has 0 spiro atoms. The first-order valence-electron chi connectivity index (χ1n) is 3.94. The van der Waals surface area contributed by atoms with E-state index in [2.05, 4.69) is 10.4 Å². The van der Waals surface area contributed by atoms with E-state index in [-0.39, 0.29) is 12.5 Å². The van der Waals surface area contributed by atoms with Crippen molar-refractivity contribution in [3.05, 3.63) is 17.2 Å². The minimum atomic E-state index is -0.520. The van der Waals surface area contributed by atoms with Crippen LogP contribution >= 0.6 is 0 Å². The lowest BCUT2D eigenvalue weighted by molar-refractivity contribution is -0.119. The average molecular weight is 185 g/mol. The number of rotatable bonds is 2. The van der Waals surface area contributed by atoms with E-state index in [0.717, 1.165) is 5.69 Å². The van der Waals surface area contributed by atoms with Crippen LogP contribution in [0.3, 0.4) is 0 Å². The number of hydrogen-bond donors (Lipinski definition) is 1. The van der Waals surface area contributed by atoms with Gasteiger partial charge >= 0.3 is 0 Å². The minimum Gasteiger partial charge on any atom is -0.352 e. The number of nitrogens with one attached hydrogen (secondary N) is 1. The van der Waals surface area contributed by atoms with Crippen molar-refractivity contribution >= 4 is 5.91 Å². The fourth-order valence-electron chi connectivity index (χ4n) is 1.03. The highest BCUT2D eigenvalue weighted by Gasteiger charge is 2.11. The van der Waals surface area contributed by atoms with Crippen LogP contribution in [0.25, 0.3) is 0 Å². The van der Waals surface area contributed by atoms with Crippen LogP contribution in [-0.4, -0.2) is 15.7 Å². The van der Waals surface area contributed by atoms with Crippen molar-refractivity contribution in [3.8, 4) is 0 Å².